The lowest BCUT2D eigenvalue weighted by atomic mass is 9.84. The number of sulfone groups is 1. The summed E-state index contributed by atoms with van der Waals surface area (Å²) in [6.07, 6.45) is 5.01. The van der Waals surface area contributed by atoms with Crippen LogP contribution in [0.5, 0.6) is 0 Å². The van der Waals surface area contributed by atoms with Crippen LogP contribution in [0.1, 0.15) is 32.6 Å². The van der Waals surface area contributed by atoms with Gasteiger partial charge >= 0.3 is 0 Å². The van der Waals surface area contributed by atoms with Crippen molar-refractivity contribution in [3.63, 3.8) is 0 Å². The van der Waals surface area contributed by atoms with E-state index in [2.05, 4.69) is 5.32 Å². The van der Waals surface area contributed by atoms with Gasteiger partial charge in [-0.05, 0) is 44.4 Å². The molecule has 110 valence electrons. The number of nitrogens with one attached hydrogen (secondary N) is 1. The molecule has 2 bridgehead atoms. The summed E-state index contributed by atoms with van der Waals surface area (Å²) < 4.78 is 22.2. The normalized spacial score (nSPS) is 35.3. The van der Waals surface area contributed by atoms with Crippen LogP contribution in [0, 0.1) is 17.8 Å². The molecule has 2 aliphatic rings. The molecule has 2 rings (SSSR count). The molecular formula is C13H24N2O3S. The molecule has 0 aromatic heterocycles. The van der Waals surface area contributed by atoms with Crippen molar-refractivity contribution in [2.75, 3.05) is 12.0 Å². The van der Waals surface area contributed by atoms with Gasteiger partial charge in [0, 0.05) is 18.3 Å². The maximum atomic E-state index is 12.2. The van der Waals surface area contributed by atoms with Gasteiger partial charge in [-0.3, -0.25) is 4.79 Å². The smallest absolute Gasteiger partial charge is 0.225 e. The monoisotopic (exact) mass is 288 g/mol. The summed E-state index contributed by atoms with van der Waals surface area (Å²) in [5.41, 5.74) is 6.13. The zero-order valence-corrected chi connectivity index (χ0v) is 12.4. The van der Waals surface area contributed by atoms with Crippen LogP contribution in [0.25, 0.3) is 0 Å². The van der Waals surface area contributed by atoms with Gasteiger partial charge in [0.25, 0.3) is 0 Å². The van der Waals surface area contributed by atoms with Crippen molar-refractivity contribution < 1.29 is 13.2 Å². The standard InChI is InChI=1S/C13H24N2O3S/c1-8(5-6-19(2,17)18)15-13(16)11-9-3-4-10(7-9)12(11)14/h8-12H,3-7,14H2,1-2H3,(H,15,16). The van der Waals surface area contributed by atoms with Gasteiger partial charge in [-0.1, -0.05) is 0 Å². The van der Waals surface area contributed by atoms with E-state index in [9.17, 15) is 13.2 Å². The van der Waals surface area contributed by atoms with E-state index in [0.717, 1.165) is 19.3 Å². The number of carbonyl (C=O) groups excluding carboxylic acids is 1. The Hall–Kier alpha value is -0.620. The highest BCUT2D eigenvalue weighted by Gasteiger charge is 2.49. The summed E-state index contributed by atoms with van der Waals surface area (Å²) >= 11 is 0. The van der Waals surface area contributed by atoms with Gasteiger partial charge in [0.15, 0.2) is 0 Å². The molecule has 0 saturated heterocycles. The highest BCUT2D eigenvalue weighted by molar-refractivity contribution is 7.90. The van der Waals surface area contributed by atoms with Crippen molar-refractivity contribution in [3.05, 3.63) is 0 Å². The molecule has 1 amide bonds. The number of amides is 1. The number of carbonyl (C=O) groups is 1. The maximum absolute atomic E-state index is 12.2. The Morgan fingerprint density at radius 3 is 2.53 bits per heavy atom. The first-order chi connectivity index (χ1) is 8.78. The van der Waals surface area contributed by atoms with Gasteiger partial charge in [-0.25, -0.2) is 8.42 Å². The van der Waals surface area contributed by atoms with Crippen molar-refractivity contribution in [3.8, 4) is 0 Å². The minimum absolute atomic E-state index is 0.0131. The fraction of sp³-hybridized carbons (Fsp3) is 0.923. The molecule has 0 aromatic carbocycles. The highest BCUT2D eigenvalue weighted by atomic mass is 32.2. The van der Waals surface area contributed by atoms with Crippen molar-refractivity contribution in [1.82, 2.24) is 5.32 Å². The minimum Gasteiger partial charge on any atom is -0.353 e. The third kappa shape index (κ3) is 3.48. The third-order valence-electron chi connectivity index (χ3n) is 4.59. The quantitative estimate of drug-likeness (QED) is 0.761. The molecule has 3 N–H and O–H groups in total. The van der Waals surface area contributed by atoms with Crippen LogP contribution in [0.4, 0.5) is 0 Å². The molecule has 2 saturated carbocycles. The molecule has 6 heteroatoms. The molecular weight excluding hydrogens is 264 g/mol. The highest BCUT2D eigenvalue weighted by Crippen LogP contribution is 2.47. The Labute approximate surface area is 115 Å². The Morgan fingerprint density at radius 1 is 1.37 bits per heavy atom. The number of rotatable bonds is 5. The summed E-state index contributed by atoms with van der Waals surface area (Å²) in [6.45, 7) is 1.85. The summed E-state index contributed by atoms with van der Waals surface area (Å²) in [5.74, 6) is 0.992. The average Bonchev–Trinajstić information content (AvgIpc) is 2.85. The maximum Gasteiger partial charge on any atom is 0.225 e. The summed E-state index contributed by atoms with van der Waals surface area (Å²) in [4.78, 5) is 12.2. The average molecular weight is 288 g/mol. The van der Waals surface area contributed by atoms with E-state index in [4.69, 9.17) is 5.73 Å². The fourth-order valence-corrected chi connectivity index (χ4v) is 4.31. The molecule has 0 radical (unpaired) electrons. The SMILES string of the molecule is CC(CCS(C)(=O)=O)NC(=O)C1C2CCC(C2)C1N. The van der Waals surface area contributed by atoms with Gasteiger partial charge in [-0.2, -0.15) is 0 Å². The number of nitrogens with two attached hydrogens (primary N) is 1. The molecule has 2 fully saturated rings. The number of fused-ring (bicyclic) bond motifs is 2. The van der Waals surface area contributed by atoms with Gasteiger partial charge in [0.1, 0.15) is 9.84 Å². The van der Waals surface area contributed by atoms with Crippen LogP contribution in [0.3, 0.4) is 0 Å². The third-order valence-corrected chi connectivity index (χ3v) is 5.57. The Morgan fingerprint density at radius 2 is 2.00 bits per heavy atom. The van der Waals surface area contributed by atoms with Gasteiger partial charge < -0.3 is 11.1 Å². The van der Waals surface area contributed by atoms with E-state index in [1.165, 1.54) is 6.26 Å². The van der Waals surface area contributed by atoms with Crippen LogP contribution < -0.4 is 11.1 Å². The second kappa shape index (κ2) is 5.40. The Kier molecular flexibility index (Phi) is 4.20. The van der Waals surface area contributed by atoms with Crippen LogP contribution in [-0.4, -0.2) is 38.4 Å². The summed E-state index contributed by atoms with van der Waals surface area (Å²) in [6, 6.07) is -0.130. The Bertz CT molecular complexity index is 447. The first-order valence-corrected chi connectivity index (χ1v) is 9.07. The van der Waals surface area contributed by atoms with E-state index < -0.39 is 9.84 Å². The summed E-state index contributed by atoms with van der Waals surface area (Å²) in [5, 5.41) is 2.93. The second-order valence-corrected chi connectivity index (χ2v) is 8.52. The van der Waals surface area contributed by atoms with Crippen LogP contribution >= 0.6 is 0 Å². The predicted octanol–water partition coefficient (Wildman–Crippen LogP) is 0.299. The van der Waals surface area contributed by atoms with Crippen LogP contribution in [0.15, 0.2) is 0 Å². The number of hydrogen-bond donors (Lipinski definition) is 2. The molecule has 19 heavy (non-hydrogen) atoms. The van der Waals surface area contributed by atoms with Crippen molar-refractivity contribution in [2.24, 2.45) is 23.5 Å². The van der Waals surface area contributed by atoms with Crippen molar-refractivity contribution in [1.29, 1.82) is 0 Å². The molecule has 0 heterocycles. The molecule has 0 aromatic rings. The summed E-state index contributed by atoms with van der Waals surface area (Å²) in [7, 11) is -2.97. The Balaban J connectivity index is 1.84. The van der Waals surface area contributed by atoms with Gasteiger partial charge in [0.05, 0.1) is 11.7 Å². The van der Waals surface area contributed by atoms with E-state index in [0.29, 0.717) is 18.3 Å². The lowest BCUT2D eigenvalue weighted by Gasteiger charge is -2.28. The minimum atomic E-state index is -2.97. The van der Waals surface area contributed by atoms with Gasteiger partial charge in [-0.15, -0.1) is 0 Å². The van der Waals surface area contributed by atoms with E-state index in [1.807, 2.05) is 6.92 Å². The van der Waals surface area contributed by atoms with Gasteiger partial charge in [0.2, 0.25) is 5.91 Å². The number of hydrogen-bond acceptors (Lipinski definition) is 4. The lowest BCUT2D eigenvalue weighted by Crippen LogP contribution is -2.47. The zero-order chi connectivity index (χ0) is 14.2. The predicted molar refractivity (Wildman–Crippen MR) is 74.2 cm³/mol. The second-order valence-electron chi connectivity index (χ2n) is 6.26. The van der Waals surface area contributed by atoms with Crippen molar-refractivity contribution >= 4 is 15.7 Å². The van der Waals surface area contributed by atoms with E-state index >= 15 is 0 Å². The molecule has 5 atom stereocenters. The fourth-order valence-electron chi connectivity index (χ4n) is 3.53. The molecule has 2 aliphatic carbocycles. The van der Waals surface area contributed by atoms with Crippen molar-refractivity contribution in [2.45, 2.75) is 44.7 Å². The topological polar surface area (TPSA) is 89.3 Å². The largest absolute Gasteiger partial charge is 0.353 e. The van der Waals surface area contributed by atoms with Crippen LogP contribution in [0.2, 0.25) is 0 Å². The van der Waals surface area contributed by atoms with Crippen LogP contribution in [-0.2, 0) is 14.6 Å². The lowest BCUT2D eigenvalue weighted by molar-refractivity contribution is -0.127. The molecule has 5 unspecified atom stereocenters. The first-order valence-electron chi connectivity index (χ1n) is 7.01. The van der Waals surface area contributed by atoms with E-state index in [-0.39, 0.29) is 29.7 Å². The molecule has 5 nitrogen and oxygen atoms in total. The molecule has 0 spiro atoms. The molecule has 0 aliphatic heterocycles. The zero-order valence-electron chi connectivity index (χ0n) is 11.6. The van der Waals surface area contributed by atoms with E-state index in [1.54, 1.807) is 0 Å². The first kappa shape index (κ1) is 14.8.